The second-order valence-electron chi connectivity index (χ2n) is 8.82. The van der Waals surface area contributed by atoms with Gasteiger partial charge < -0.3 is 9.47 Å². The number of H-pyrrole nitrogens is 1. The third-order valence-electron chi connectivity index (χ3n) is 5.63. The molecule has 0 radical (unpaired) electrons. The molecular weight excluding hydrogens is 423 g/mol. The van der Waals surface area contributed by atoms with Gasteiger partial charge in [-0.1, -0.05) is 39.0 Å². The number of aromatic amines is 1. The molecule has 7 heteroatoms. The molecule has 0 saturated carbocycles. The molecule has 0 saturated heterocycles. The Morgan fingerprint density at radius 3 is 2.24 bits per heavy atom. The molecule has 4 rings (SSSR count). The minimum atomic E-state index is -0.719. The summed E-state index contributed by atoms with van der Waals surface area (Å²) in [5, 5.41) is 1.85. The van der Waals surface area contributed by atoms with Crippen LogP contribution in [-0.4, -0.2) is 23.8 Å². The number of benzene rings is 3. The van der Waals surface area contributed by atoms with Crippen molar-refractivity contribution in [2.45, 2.75) is 26.2 Å². The molecule has 0 aliphatic rings. The van der Waals surface area contributed by atoms with Crippen LogP contribution in [0.3, 0.4) is 0 Å². The highest BCUT2D eigenvalue weighted by atomic mass is 19.1. The second-order valence-corrected chi connectivity index (χ2v) is 8.82. The van der Waals surface area contributed by atoms with Gasteiger partial charge in [0.1, 0.15) is 11.5 Å². The van der Waals surface area contributed by atoms with Crippen molar-refractivity contribution in [2.75, 3.05) is 14.2 Å². The number of halogens is 1. The lowest BCUT2D eigenvalue weighted by Crippen LogP contribution is -2.28. The van der Waals surface area contributed by atoms with E-state index in [9.17, 15) is 9.59 Å². The highest BCUT2D eigenvalue weighted by molar-refractivity contribution is 5.90. The van der Waals surface area contributed by atoms with E-state index in [1.807, 2.05) is 57.2 Å². The van der Waals surface area contributed by atoms with Crippen LogP contribution in [0.2, 0.25) is 0 Å². The van der Waals surface area contributed by atoms with E-state index in [4.69, 9.17) is 9.47 Å². The zero-order valence-corrected chi connectivity index (χ0v) is 19.2. The lowest BCUT2D eigenvalue weighted by atomic mass is 9.83. The molecule has 0 atom stereocenters. The van der Waals surface area contributed by atoms with Crippen molar-refractivity contribution in [1.82, 2.24) is 9.55 Å². The Balaban J connectivity index is 2.07. The summed E-state index contributed by atoms with van der Waals surface area (Å²) in [4.78, 5) is 26.2. The number of aromatic nitrogens is 2. The van der Waals surface area contributed by atoms with Crippen LogP contribution in [0.15, 0.2) is 64.3 Å². The summed E-state index contributed by atoms with van der Waals surface area (Å²) in [6.45, 7) is 5.95. The first-order chi connectivity index (χ1) is 15.6. The van der Waals surface area contributed by atoms with Crippen molar-refractivity contribution < 1.29 is 13.9 Å². The molecule has 170 valence electrons. The van der Waals surface area contributed by atoms with E-state index in [0.29, 0.717) is 11.3 Å². The summed E-state index contributed by atoms with van der Waals surface area (Å²) >= 11 is 0. The Kier molecular flexibility index (Phi) is 5.57. The molecule has 33 heavy (non-hydrogen) atoms. The van der Waals surface area contributed by atoms with Crippen molar-refractivity contribution in [1.29, 1.82) is 0 Å². The van der Waals surface area contributed by atoms with E-state index in [1.165, 1.54) is 19.4 Å². The fourth-order valence-electron chi connectivity index (χ4n) is 3.94. The van der Waals surface area contributed by atoms with Gasteiger partial charge in [-0.25, -0.2) is 9.18 Å². The molecule has 0 amide bonds. The van der Waals surface area contributed by atoms with Gasteiger partial charge >= 0.3 is 5.69 Å². The van der Waals surface area contributed by atoms with Gasteiger partial charge in [-0.15, -0.1) is 0 Å². The number of hydrogen-bond acceptors (Lipinski definition) is 4. The van der Waals surface area contributed by atoms with Crippen molar-refractivity contribution in [3.05, 3.63) is 86.9 Å². The summed E-state index contributed by atoms with van der Waals surface area (Å²) in [7, 11) is 3.11. The van der Waals surface area contributed by atoms with Gasteiger partial charge in [0.2, 0.25) is 0 Å². The molecule has 6 nitrogen and oxygen atoms in total. The first-order valence-corrected chi connectivity index (χ1v) is 10.5. The minimum Gasteiger partial charge on any atom is -0.497 e. The Morgan fingerprint density at radius 2 is 1.61 bits per heavy atom. The van der Waals surface area contributed by atoms with Crippen LogP contribution in [0, 0.1) is 5.82 Å². The fourth-order valence-corrected chi connectivity index (χ4v) is 3.94. The summed E-state index contributed by atoms with van der Waals surface area (Å²) < 4.78 is 28.2. The highest BCUT2D eigenvalue weighted by Gasteiger charge is 2.28. The van der Waals surface area contributed by atoms with Gasteiger partial charge in [0, 0.05) is 17.8 Å². The van der Waals surface area contributed by atoms with Gasteiger partial charge in [-0.2, -0.15) is 0 Å². The molecule has 0 aliphatic carbocycles. The van der Waals surface area contributed by atoms with Crippen molar-refractivity contribution in [3.8, 4) is 28.3 Å². The zero-order chi connectivity index (χ0) is 23.9. The molecule has 3 aromatic carbocycles. The number of nitrogens with zero attached hydrogens (tertiary/aromatic N) is 1. The first kappa shape index (κ1) is 22.3. The van der Waals surface area contributed by atoms with Crippen molar-refractivity contribution >= 4 is 10.8 Å². The molecule has 1 N–H and O–H groups in total. The maximum absolute atomic E-state index is 16.1. The largest absolute Gasteiger partial charge is 0.497 e. The van der Waals surface area contributed by atoms with E-state index >= 15 is 4.39 Å². The smallest absolute Gasteiger partial charge is 0.333 e. The van der Waals surface area contributed by atoms with Crippen LogP contribution in [-0.2, 0) is 5.41 Å². The third kappa shape index (κ3) is 4.02. The molecule has 4 aromatic rings. The lowest BCUT2D eigenvalue weighted by molar-refractivity contribution is 0.396. The van der Waals surface area contributed by atoms with Crippen LogP contribution in [0.25, 0.3) is 27.6 Å². The number of nitrogens with one attached hydrogen (secondary N) is 1. The third-order valence-corrected chi connectivity index (χ3v) is 5.63. The van der Waals surface area contributed by atoms with E-state index in [-0.39, 0.29) is 11.3 Å². The van der Waals surface area contributed by atoms with Crippen LogP contribution in [0.1, 0.15) is 26.3 Å². The number of fused-ring (bicyclic) bond motifs is 1. The van der Waals surface area contributed by atoms with Gasteiger partial charge in [-0.3, -0.25) is 14.3 Å². The SMILES string of the molecule is COc1ccc2cc(-c3c(F)c(-n4ccc(=O)[nH]c4=O)cc(C(C)(C)C)c3OC)ccc2c1. The zero-order valence-electron chi connectivity index (χ0n) is 19.2. The molecule has 0 bridgehead atoms. The quantitative estimate of drug-likeness (QED) is 0.487. The van der Waals surface area contributed by atoms with Gasteiger partial charge in [0.15, 0.2) is 5.82 Å². The lowest BCUT2D eigenvalue weighted by Gasteiger charge is -2.26. The first-order valence-electron chi connectivity index (χ1n) is 10.5. The second kappa shape index (κ2) is 8.24. The monoisotopic (exact) mass is 448 g/mol. The molecule has 1 heterocycles. The Morgan fingerprint density at radius 1 is 0.909 bits per heavy atom. The van der Waals surface area contributed by atoms with Gasteiger partial charge in [0.25, 0.3) is 5.56 Å². The number of ether oxygens (including phenoxy) is 2. The Bertz CT molecular complexity index is 1480. The molecule has 1 aromatic heterocycles. The van der Waals surface area contributed by atoms with E-state index in [1.54, 1.807) is 13.2 Å². The van der Waals surface area contributed by atoms with Crippen LogP contribution >= 0.6 is 0 Å². The van der Waals surface area contributed by atoms with E-state index in [0.717, 1.165) is 26.7 Å². The van der Waals surface area contributed by atoms with E-state index < -0.39 is 22.5 Å². The summed E-state index contributed by atoms with van der Waals surface area (Å²) in [6.07, 6.45) is 1.27. The number of hydrogen-bond donors (Lipinski definition) is 1. The number of rotatable bonds is 4. The topological polar surface area (TPSA) is 73.3 Å². The average molecular weight is 448 g/mol. The van der Waals surface area contributed by atoms with Crippen molar-refractivity contribution in [2.24, 2.45) is 0 Å². The highest BCUT2D eigenvalue weighted by Crippen LogP contribution is 2.43. The molecule has 0 aliphatic heterocycles. The predicted octanol–water partition coefficient (Wildman–Crippen LogP) is 4.80. The van der Waals surface area contributed by atoms with Gasteiger partial charge in [0.05, 0.1) is 25.5 Å². The van der Waals surface area contributed by atoms with Crippen molar-refractivity contribution in [3.63, 3.8) is 0 Å². The summed E-state index contributed by atoms with van der Waals surface area (Å²) in [6, 6.07) is 14.0. The maximum atomic E-state index is 16.1. The Hall–Kier alpha value is -3.87. The number of methoxy groups -OCH3 is 2. The summed E-state index contributed by atoms with van der Waals surface area (Å²) in [5.41, 5.74) is -0.0773. The van der Waals surface area contributed by atoms with E-state index in [2.05, 4.69) is 4.98 Å². The average Bonchev–Trinajstić information content (AvgIpc) is 2.77. The predicted molar refractivity (Wildman–Crippen MR) is 127 cm³/mol. The van der Waals surface area contributed by atoms with Gasteiger partial charge in [-0.05, 0) is 46.0 Å². The van der Waals surface area contributed by atoms with Crippen LogP contribution in [0.4, 0.5) is 4.39 Å². The van der Waals surface area contributed by atoms with Crippen LogP contribution in [0.5, 0.6) is 11.5 Å². The fraction of sp³-hybridized carbons (Fsp3) is 0.231. The molecule has 0 fully saturated rings. The standard InChI is InChI=1S/C26H25FN2O4/c1-26(2,3)19-14-20(29-11-10-21(30)28-25(29)31)23(27)22(24(19)33-5)17-7-6-16-13-18(32-4)9-8-15(16)12-17/h6-14H,1-5H3,(H,28,30,31). The minimum absolute atomic E-state index is 0.0341. The maximum Gasteiger partial charge on any atom is 0.333 e. The summed E-state index contributed by atoms with van der Waals surface area (Å²) in [5.74, 6) is 0.504. The molecular formula is C26H25FN2O4. The molecule has 0 unspecified atom stereocenters. The Labute approximate surface area is 190 Å². The van der Waals surface area contributed by atoms with Crippen LogP contribution < -0.4 is 20.7 Å². The normalized spacial score (nSPS) is 11.6. The molecule has 0 spiro atoms.